The third-order valence-electron chi connectivity index (χ3n) is 2.97. The largest absolute Gasteiger partial charge is 0.493 e. The second-order valence-corrected chi connectivity index (χ2v) is 5.13. The molecule has 0 spiro atoms. The molecular weight excluding hydrogens is 250 g/mol. The number of rotatable bonds is 7. The van der Waals surface area contributed by atoms with Gasteiger partial charge in [0.2, 0.25) is 5.91 Å². The molecule has 0 saturated heterocycles. The second kappa shape index (κ2) is 6.64. The zero-order valence-electron chi connectivity index (χ0n) is 10.3. The van der Waals surface area contributed by atoms with Crippen molar-refractivity contribution in [3.8, 4) is 5.75 Å². The maximum atomic E-state index is 11.5. The summed E-state index contributed by atoms with van der Waals surface area (Å²) in [5.41, 5.74) is 0. The van der Waals surface area contributed by atoms with Crippen molar-refractivity contribution in [2.45, 2.75) is 24.6 Å². The fraction of sp³-hybridized carbons (Fsp3) is 0.500. The first-order valence-corrected chi connectivity index (χ1v) is 6.78. The van der Waals surface area contributed by atoms with E-state index >= 15 is 0 Å². The van der Waals surface area contributed by atoms with Crippen LogP contribution < -0.4 is 10.1 Å². The van der Waals surface area contributed by atoms with Gasteiger partial charge in [-0.05, 0) is 30.9 Å². The van der Waals surface area contributed by atoms with Crippen LogP contribution in [0.15, 0.2) is 30.3 Å². The number of benzene rings is 1. The summed E-state index contributed by atoms with van der Waals surface area (Å²) in [5.74, 6) is 1.39. The average Bonchev–Trinajstić information content (AvgIpc) is 3.21. The lowest BCUT2D eigenvalue weighted by molar-refractivity contribution is -0.121. The van der Waals surface area contributed by atoms with Crippen LogP contribution in [0.2, 0.25) is 0 Å². The van der Waals surface area contributed by atoms with Crippen LogP contribution in [0.1, 0.15) is 19.3 Å². The summed E-state index contributed by atoms with van der Waals surface area (Å²) in [6, 6.07) is 9.49. The van der Waals surface area contributed by atoms with Crippen LogP contribution in [0, 0.1) is 5.92 Å². The molecule has 98 valence electrons. The van der Waals surface area contributed by atoms with Gasteiger partial charge >= 0.3 is 0 Å². The lowest BCUT2D eigenvalue weighted by atomic mass is 10.3. The number of halogens is 1. The van der Waals surface area contributed by atoms with E-state index in [1.54, 1.807) is 0 Å². The van der Waals surface area contributed by atoms with E-state index in [0.717, 1.165) is 5.75 Å². The Balaban J connectivity index is 1.57. The molecule has 1 aliphatic carbocycles. The molecule has 0 heterocycles. The van der Waals surface area contributed by atoms with Crippen LogP contribution in [0.4, 0.5) is 0 Å². The van der Waals surface area contributed by atoms with Crippen LogP contribution >= 0.6 is 11.6 Å². The number of carbonyl (C=O) groups is 1. The maximum Gasteiger partial charge on any atom is 0.223 e. The third-order valence-corrected chi connectivity index (χ3v) is 3.48. The molecule has 3 nitrogen and oxygen atoms in total. The molecule has 1 N–H and O–H groups in total. The quantitative estimate of drug-likeness (QED) is 0.771. The van der Waals surface area contributed by atoms with Crippen molar-refractivity contribution < 1.29 is 9.53 Å². The van der Waals surface area contributed by atoms with Crippen molar-refractivity contribution in [3.63, 3.8) is 0 Å². The van der Waals surface area contributed by atoms with Crippen molar-refractivity contribution in [1.82, 2.24) is 5.32 Å². The number of para-hydroxylation sites is 1. The van der Waals surface area contributed by atoms with E-state index in [1.807, 2.05) is 30.3 Å². The number of ether oxygens (including phenoxy) is 1. The van der Waals surface area contributed by atoms with Crippen molar-refractivity contribution in [3.05, 3.63) is 30.3 Å². The minimum atomic E-state index is -0.00256. The van der Waals surface area contributed by atoms with E-state index in [4.69, 9.17) is 16.3 Å². The Kier molecular flexibility index (Phi) is 4.88. The Hall–Kier alpha value is -1.22. The Morgan fingerprint density at radius 2 is 2.11 bits per heavy atom. The molecule has 0 aliphatic heterocycles. The molecule has 2 rings (SSSR count). The Morgan fingerprint density at radius 1 is 1.39 bits per heavy atom. The fourth-order valence-corrected chi connectivity index (χ4v) is 2.03. The van der Waals surface area contributed by atoms with Gasteiger partial charge in [0, 0.05) is 6.54 Å². The van der Waals surface area contributed by atoms with Gasteiger partial charge in [-0.25, -0.2) is 0 Å². The predicted octanol–water partition coefficient (Wildman–Crippen LogP) is 2.59. The van der Waals surface area contributed by atoms with Gasteiger partial charge in [0.1, 0.15) is 5.75 Å². The van der Waals surface area contributed by atoms with Gasteiger partial charge < -0.3 is 10.1 Å². The zero-order chi connectivity index (χ0) is 12.8. The molecular formula is C14H18ClNO2. The lowest BCUT2D eigenvalue weighted by Crippen LogP contribution is -2.31. The summed E-state index contributed by atoms with van der Waals surface area (Å²) < 4.78 is 5.45. The van der Waals surface area contributed by atoms with Crippen LogP contribution in [-0.2, 0) is 4.79 Å². The number of nitrogens with one attached hydrogen (secondary N) is 1. The molecule has 0 radical (unpaired) electrons. The normalized spacial score (nSPS) is 16.1. The Labute approximate surface area is 112 Å². The minimum absolute atomic E-state index is 0.00256. The van der Waals surface area contributed by atoms with E-state index in [-0.39, 0.29) is 11.3 Å². The highest BCUT2D eigenvalue weighted by atomic mass is 35.5. The number of alkyl halides is 1. The molecule has 1 aromatic rings. The number of amides is 1. The summed E-state index contributed by atoms with van der Waals surface area (Å²) >= 11 is 6.11. The van der Waals surface area contributed by atoms with Crippen LogP contribution in [0.5, 0.6) is 5.75 Å². The average molecular weight is 268 g/mol. The fourth-order valence-electron chi connectivity index (χ4n) is 1.70. The van der Waals surface area contributed by atoms with Gasteiger partial charge in [-0.15, -0.1) is 11.6 Å². The molecule has 0 bridgehead atoms. The van der Waals surface area contributed by atoms with E-state index in [9.17, 15) is 4.79 Å². The molecule has 4 heteroatoms. The Bertz CT molecular complexity index is 379. The molecule has 18 heavy (non-hydrogen) atoms. The first-order chi connectivity index (χ1) is 8.75. The second-order valence-electron chi connectivity index (χ2n) is 4.57. The summed E-state index contributed by atoms with van der Waals surface area (Å²) in [4.78, 5) is 11.5. The van der Waals surface area contributed by atoms with E-state index < -0.39 is 0 Å². The number of hydrogen-bond donors (Lipinski definition) is 1. The molecule has 0 aromatic heterocycles. The summed E-state index contributed by atoms with van der Waals surface area (Å²) in [6.07, 6.45) is 2.76. The van der Waals surface area contributed by atoms with Crippen molar-refractivity contribution >= 4 is 17.5 Å². The molecule has 1 aliphatic rings. The first-order valence-electron chi connectivity index (χ1n) is 6.34. The molecule has 1 aromatic carbocycles. The van der Waals surface area contributed by atoms with Gasteiger partial charge in [-0.2, -0.15) is 0 Å². The van der Waals surface area contributed by atoms with Gasteiger partial charge in [-0.1, -0.05) is 18.2 Å². The van der Waals surface area contributed by atoms with Crippen molar-refractivity contribution in [1.29, 1.82) is 0 Å². The molecule has 1 atom stereocenters. The SMILES string of the molecule is O=C(CCOc1ccccc1)NCC(Cl)C1CC1. The Morgan fingerprint density at radius 3 is 2.78 bits per heavy atom. The lowest BCUT2D eigenvalue weighted by Gasteiger charge is -2.10. The van der Waals surface area contributed by atoms with Gasteiger partial charge in [0.15, 0.2) is 0 Å². The molecule has 1 fully saturated rings. The summed E-state index contributed by atoms with van der Waals surface area (Å²) in [6.45, 7) is 0.961. The van der Waals surface area contributed by atoms with Crippen LogP contribution in [-0.4, -0.2) is 24.4 Å². The van der Waals surface area contributed by atoms with Crippen LogP contribution in [0.25, 0.3) is 0 Å². The number of hydrogen-bond acceptors (Lipinski definition) is 2. The minimum Gasteiger partial charge on any atom is -0.493 e. The molecule has 1 unspecified atom stereocenters. The highest BCUT2D eigenvalue weighted by Crippen LogP contribution is 2.35. The van der Waals surface area contributed by atoms with Crippen molar-refractivity contribution in [2.75, 3.05) is 13.2 Å². The maximum absolute atomic E-state index is 11.5. The smallest absolute Gasteiger partial charge is 0.223 e. The van der Waals surface area contributed by atoms with E-state index in [0.29, 0.717) is 25.5 Å². The first kappa shape index (κ1) is 13.2. The highest BCUT2D eigenvalue weighted by Gasteiger charge is 2.29. The van der Waals surface area contributed by atoms with E-state index in [1.165, 1.54) is 12.8 Å². The topological polar surface area (TPSA) is 38.3 Å². The molecule has 1 amide bonds. The molecule has 1 saturated carbocycles. The van der Waals surface area contributed by atoms with Crippen molar-refractivity contribution in [2.24, 2.45) is 5.92 Å². The number of carbonyl (C=O) groups excluding carboxylic acids is 1. The van der Waals surface area contributed by atoms with Gasteiger partial charge in [0.25, 0.3) is 0 Å². The van der Waals surface area contributed by atoms with Gasteiger partial charge in [0.05, 0.1) is 18.4 Å². The standard InChI is InChI=1S/C14H18ClNO2/c15-13(11-6-7-11)10-16-14(17)8-9-18-12-4-2-1-3-5-12/h1-5,11,13H,6-10H2,(H,16,17). The van der Waals surface area contributed by atoms with Gasteiger partial charge in [-0.3, -0.25) is 4.79 Å². The third kappa shape index (κ3) is 4.57. The summed E-state index contributed by atoms with van der Waals surface area (Å²) in [7, 11) is 0. The monoisotopic (exact) mass is 267 g/mol. The van der Waals surface area contributed by atoms with Crippen LogP contribution in [0.3, 0.4) is 0 Å². The predicted molar refractivity (Wildman–Crippen MR) is 71.9 cm³/mol. The summed E-state index contributed by atoms with van der Waals surface area (Å²) in [5, 5.41) is 2.93. The zero-order valence-corrected chi connectivity index (χ0v) is 11.0. The highest BCUT2D eigenvalue weighted by molar-refractivity contribution is 6.21. The van der Waals surface area contributed by atoms with E-state index in [2.05, 4.69) is 5.32 Å².